The molecule has 2 aliphatic heterocycles. The SMILES string of the molecule is O=C1CC(=O)[C@@]2(CC[C@H]3[C@H]4Cc5ccc(O)cc5[C@@]3(CCN4CC3CC3)C2)N1. The zero-order valence-corrected chi connectivity index (χ0v) is 16.2. The van der Waals surface area contributed by atoms with Crippen LogP contribution in [0.3, 0.4) is 0 Å². The van der Waals surface area contributed by atoms with Crippen LogP contribution in [-0.4, -0.2) is 46.4 Å². The van der Waals surface area contributed by atoms with E-state index in [1.165, 1.54) is 30.5 Å². The molecule has 28 heavy (non-hydrogen) atoms. The summed E-state index contributed by atoms with van der Waals surface area (Å²) in [4.78, 5) is 27.6. The van der Waals surface area contributed by atoms with Crippen molar-refractivity contribution < 1.29 is 14.7 Å². The highest BCUT2D eigenvalue weighted by atomic mass is 16.3. The predicted molar refractivity (Wildman–Crippen MR) is 104 cm³/mol. The molecule has 1 aromatic carbocycles. The number of phenolic OH excluding ortho intramolecular Hbond substituents is 1. The van der Waals surface area contributed by atoms with E-state index >= 15 is 0 Å². The average Bonchev–Trinajstić information content (AvgIpc) is 3.43. The molecule has 4 fully saturated rings. The van der Waals surface area contributed by atoms with Crippen LogP contribution in [0.5, 0.6) is 5.75 Å². The van der Waals surface area contributed by atoms with Crippen molar-refractivity contribution in [3.05, 3.63) is 29.3 Å². The molecule has 148 valence electrons. The number of Topliss-reactive ketones (excluding diaryl/α,β-unsaturated/α-hetero) is 1. The lowest BCUT2D eigenvalue weighted by Crippen LogP contribution is -2.66. The molecule has 2 saturated carbocycles. The third-order valence-electron chi connectivity index (χ3n) is 8.47. The smallest absolute Gasteiger partial charge is 0.228 e. The standard InChI is InChI=1S/C23H28N2O3/c26-16-4-3-15-9-19-17-5-6-23(20(27)11-21(28)24-23)13-22(17,18(15)10-16)7-8-25(19)12-14-1-2-14/h3-4,10,14,17,19,26H,1-2,5-9,11-13H2,(H,24,28)/t17-,19+,22-,23-/m0/s1. The predicted octanol–water partition coefficient (Wildman–Crippen LogP) is 2.30. The Hall–Kier alpha value is -1.88. The van der Waals surface area contributed by atoms with Crippen LogP contribution in [0, 0.1) is 11.8 Å². The van der Waals surface area contributed by atoms with Crippen LogP contribution in [0.1, 0.15) is 56.1 Å². The monoisotopic (exact) mass is 380 g/mol. The Balaban J connectivity index is 1.45. The van der Waals surface area contributed by atoms with Gasteiger partial charge in [-0.3, -0.25) is 14.5 Å². The van der Waals surface area contributed by atoms with Gasteiger partial charge in [0.1, 0.15) is 5.75 Å². The van der Waals surface area contributed by atoms with Crippen molar-refractivity contribution in [1.82, 2.24) is 10.2 Å². The number of ketones is 1. The number of hydrogen-bond donors (Lipinski definition) is 2. The molecule has 0 unspecified atom stereocenters. The van der Waals surface area contributed by atoms with E-state index in [4.69, 9.17) is 0 Å². The van der Waals surface area contributed by atoms with Gasteiger partial charge in [0.05, 0.1) is 12.0 Å². The van der Waals surface area contributed by atoms with E-state index in [9.17, 15) is 14.7 Å². The number of amides is 1. The van der Waals surface area contributed by atoms with Gasteiger partial charge in [-0.15, -0.1) is 0 Å². The Morgan fingerprint density at radius 2 is 2.04 bits per heavy atom. The first-order valence-electron chi connectivity index (χ1n) is 10.9. The van der Waals surface area contributed by atoms with E-state index in [0.717, 1.165) is 38.1 Å². The first-order chi connectivity index (χ1) is 13.5. The number of hydrogen-bond acceptors (Lipinski definition) is 4. The molecule has 2 heterocycles. The van der Waals surface area contributed by atoms with Crippen molar-refractivity contribution in [1.29, 1.82) is 0 Å². The molecule has 3 aliphatic carbocycles. The summed E-state index contributed by atoms with van der Waals surface area (Å²) in [5.74, 6) is 1.65. The third kappa shape index (κ3) is 2.28. The number of fused-ring (bicyclic) bond motifs is 1. The topological polar surface area (TPSA) is 69.6 Å². The molecule has 4 atom stereocenters. The van der Waals surface area contributed by atoms with Gasteiger partial charge >= 0.3 is 0 Å². The molecular weight excluding hydrogens is 352 g/mol. The van der Waals surface area contributed by atoms with Crippen molar-refractivity contribution in [2.75, 3.05) is 13.1 Å². The number of piperidine rings is 1. The van der Waals surface area contributed by atoms with Gasteiger partial charge in [0.15, 0.2) is 5.78 Å². The minimum atomic E-state index is -0.684. The number of nitrogens with one attached hydrogen (secondary N) is 1. The molecule has 1 spiro atoms. The number of phenols is 1. The fourth-order valence-corrected chi connectivity index (χ4v) is 7.07. The minimum absolute atomic E-state index is 0.0326. The Morgan fingerprint density at radius 1 is 1.18 bits per heavy atom. The summed E-state index contributed by atoms with van der Waals surface area (Å²) in [6, 6.07) is 6.37. The summed E-state index contributed by atoms with van der Waals surface area (Å²) in [6.45, 7) is 2.27. The minimum Gasteiger partial charge on any atom is -0.508 e. The number of likely N-dealkylation sites (tertiary alicyclic amines) is 1. The van der Waals surface area contributed by atoms with E-state index in [2.05, 4.69) is 16.3 Å². The molecule has 6 rings (SSSR count). The van der Waals surface area contributed by atoms with E-state index in [1.54, 1.807) is 6.07 Å². The molecule has 2 saturated heterocycles. The van der Waals surface area contributed by atoms with Crippen molar-refractivity contribution in [3.63, 3.8) is 0 Å². The molecule has 5 nitrogen and oxygen atoms in total. The number of aromatic hydroxyl groups is 1. The Morgan fingerprint density at radius 3 is 2.79 bits per heavy atom. The second-order valence-corrected chi connectivity index (χ2v) is 10.0. The fourth-order valence-electron chi connectivity index (χ4n) is 7.07. The van der Waals surface area contributed by atoms with Gasteiger partial charge in [0.2, 0.25) is 5.91 Å². The average molecular weight is 380 g/mol. The van der Waals surface area contributed by atoms with Crippen LogP contribution in [0.2, 0.25) is 0 Å². The van der Waals surface area contributed by atoms with Crippen LogP contribution in [-0.2, 0) is 21.4 Å². The molecule has 0 radical (unpaired) electrons. The Labute approximate surface area is 165 Å². The van der Waals surface area contributed by atoms with Gasteiger partial charge in [-0.05, 0) is 86.6 Å². The quantitative estimate of drug-likeness (QED) is 0.773. The molecule has 5 aliphatic rings. The maximum absolute atomic E-state index is 12.8. The van der Waals surface area contributed by atoms with Gasteiger partial charge in [0, 0.05) is 18.0 Å². The number of carbonyl (C=O) groups is 2. The molecular formula is C23H28N2O3. The second-order valence-electron chi connectivity index (χ2n) is 10.0. The van der Waals surface area contributed by atoms with Crippen LogP contribution < -0.4 is 5.32 Å². The fraction of sp³-hybridized carbons (Fsp3) is 0.652. The van der Waals surface area contributed by atoms with E-state index < -0.39 is 5.54 Å². The van der Waals surface area contributed by atoms with Crippen LogP contribution >= 0.6 is 0 Å². The summed E-state index contributed by atoms with van der Waals surface area (Å²) >= 11 is 0. The maximum Gasteiger partial charge on any atom is 0.228 e. The lowest BCUT2D eigenvalue weighted by Gasteiger charge is -2.61. The number of benzene rings is 1. The van der Waals surface area contributed by atoms with Gasteiger partial charge in [-0.25, -0.2) is 0 Å². The van der Waals surface area contributed by atoms with Crippen LogP contribution in [0.25, 0.3) is 0 Å². The molecule has 1 amide bonds. The molecule has 0 aromatic heterocycles. The van der Waals surface area contributed by atoms with Gasteiger partial charge in [0.25, 0.3) is 0 Å². The van der Waals surface area contributed by atoms with E-state index in [1.807, 2.05) is 6.07 Å². The normalized spacial score (nSPS) is 39.6. The lowest BCUT2D eigenvalue weighted by atomic mass is 9.49. The number of rotatable bonds is 2. The summed E-state index contributed by atoms with van der Waals surface area (Å²) in [6.07, 6.45) is 7.29. The second kappa shape index (κ2) is 5.59. The van der Waals surface area contributed by atoms with Gasteiger partial charge < -0.3 is 10.4 Å². The highest BCUT2D eigenvalue weighted by Gasteiger charge is 2.62. The summed E-state index contributed by atoms with van der Waals surface area (Å²) in [7, 11) is 0. The third-order valence-corrected chi connectivity index (χ3v) is 8.47. The Kier molecular flexibility index (Phi) is 3.40. The van der Waals surface area contributed by atoms with Gasteiger partial charge in [-0.2, -0.15) is 0 Å². The highest BCUT2D eigenvalue weighted by molar-refractivity contribution is 6.10. The highest BCUT2D eigenvalue weighted by Crippen LogP contribution is 2.59. The van der Waals surface area contributed by atoms with E-state index in [0.29, 0.717) is 24.1 Å². The summed E-state index contributed by atoms with van der Waals surface area (Å²) in [5.41, 5.74) is 1.78. The van der Waals surface area contributed by atoms with Gasteiger partial charge in [-0.1, -0.05) is 6.07 Å². The van der Waals surface area contributed by atoms with Crippen molar-refractivity contribution in [3.8, 4) is 5.75 Å². The lowest BCUT2D eigenvalue weighted by molar-refractivity contribution is -0.127. The largest absolute Gasteiger partial charge is 0.508 e. The molecule has 2 bridgehead atoms. The maximum atomic E-state index is 12.8. The molecule has 5 heteroatoms. The summed E-state index contributed by atoms with van der Waals surface area (Å²) < 4.78 is 0. The number of nitrogens with zero attached hydrogens (tertiary/aromatic N) is 1. The van der Waals surface area contributed by atoms with Crippen molar-refractivity contribution in [2.24, 2.45) is 11.8 Å². The molecule has 2 N–H and O–H groups in total. The van der Waals surface area contributed by atoms with Crippen LogP contribution in [0.4, 0.5) is 0 Å². The first kappa shape index (κ1) is 17.0. The van der Waals surface area contributed by atoms with Crippen molar-refractivity contribution in [2.45, 2.75) is 68.4 Å². The zero-order chi connectivity index (χ0) is 19.1. The Bertz CT molecular complexity index is 879. The zero-order valence-electron chi connectivity index (χ0n) is 16.2. The number of carbonyl (C=O) groups excluding carboxylic acids is 2. The van der Waals surface area contributed by atoms with Crippen LogP contribution in [0.15, 0.2) is 18.2 Å². The van der Waals surface area contributed by atoms with E-state index in [-0.39, 0.29) is 23.5 Å². The molecule has 1 aromatic rings. The van der Waals surface area contributed by atoms with Crippen molar-refractivity contribution >= 4 is 11.7 Å². The summed E-state index contributed by atoms with van der Waals surface area (Å²) in [5, 5.41) is 13.3. The first-order valence-corrected chi connectivity index (χ1v) is 10.9.